The molecule has 0 aliphatic rings. The maximum atomic E-state index is 11.0. The third-order valence-electron chi connectivity index (χ3n) is 1.28. The minimum atomic E-state index is -0.704. The molecule has 0 bridgehead atoms. The van der Waals surface area contributed by atoms with Crippen molar-refractivity contribution in [3.8, 4) is 0 Å². The summed E-state index contributed by atoms with van der Waals surface area (Å²) in [5.41, 5.74) is 15.4. The van der Waals surface area contributed by atoms with Crippen molar-refractivity contribution >= 4 is 11.9 Å². The highest BCUT2D eigenvalue weighted by Gasteiger charge is 2.13. The summed E-state index contributed by atoms with van der Waals surface area (Å²) in [5, 5.41) is 3.27. The number of nitrogens with zero attached hydrogens (tertiary/aromatic N) is 1. The van der Waals surface area contributed by atoms with E-state index >= 15 is 0 Å². The Balaban J connectivity index is 3.58. The van der Waals surface area contributed by atoms with E-state index in [0.29, 0.717) is 13.0 Å². The molecular formula is C7H16N4O3. The number of oxime groups is 1. The summed E-state index contributed by atoms with van der Waals surface area (Å²) in [7, 11) is 0. The largest absolute Gasteiger partial charge is 0.465 e. The molecule has 0 saturated carbocycles. The molecule has 0 amide bonds. The van der Waals surface area contributed by atoms with Crippen molar-refractivity contribution in [2.75, 3.05) is 13.2 Å². The molecule has 7 heteroatoms. The highest BCUT2D eigenvalue weighted by molar-refractivity contribution is 5.75. The van der Waals surface area contributed by atoms with Crippen LogP contribution in [-0.2, 0) is 14.4 Å². The highest BCUT2D eigenvalue weighted by Crippen LogP contribution is 1.93. The van der Waals surface area contributed by atoms with Crippen LogP contribution in [0.15, 0.2) is 5.16 Å². The molecule has 0 saturated heterocycles. The maximum absolute atomic E-state index is 11.0. The Morgan fingerprint density at radius 2 is 2.14 bits per heavy atom. The van der Waals surface area contributed by atoms with Crippen LogP contribution in [-0.4, -0.2) is 31.2 Å². The van der Waals surface area contributed by atoms with E-state index in [1.165, 1.54) is 0 Å². The molecule has 0 heterocycles. The molecule has 14 heavy (non-hydrogen) atoms. The van der Waals surface area contributed by atoms with Gasteiger partial charge < -0.3 is 26.8 Å². The van der Waals surface area contributed by atoms with Gasteiger partial charge in [-0.15, -0.1) is 0 Å². The zero-order valence-corrected chi connectivity index (χ0v) is 8.10. The summed E-state index contributed by atoms with van der Waals surface area (Å²) in [4.78, 5) is 15.6. The second kappa shape index (κ2) is 6.96. The molecule has 6 N–H and O–H groups in total. The second-order valence-electron chi connectivity index (χ2n) is 2.50. The molecule has 0 aromatic rings. The first kappa shape index (κ1) is 12.5. The van der Waals surface area contributed by atoms with Gasteiger partial charge in [0.15, 0.2) is 0 Å². The minimum absolute atomic E-state index is 0.165. The van der Waals surface area contributed by atoms with Crippen LogP contribution in [0.5, 0.6) is 0 Å². The van der Waals surface area contributed by atoms with Crippen LogP contribution in [0.2, 0.25) is 0 Å². The number of hydrogen-bond donors (Lipinski definition) is 3. The van der Waals surface area contributed by atoms with Gasteiger partial charge in [0, 0.05) is 6.42 Å². The number of hydrogen-bond acceptors (Lipinski definition) is 5. The number of esters is 1. The van der Waals surface area contributed by atoms with Gasteiger partial charge in [-0.2, -0.15) is 0 Å². The van der Waals surface area contributed by atoms with Gasteiger partial charge in [-0.3, -0.25) is 4.79 Å². The number of carbonyl (C=O) groups is 1. The van der Waals surface area contributed by atoms with E-state index in [2.05, 4.69) is 14.7 Å². The van der Waals surface area contributed by atoms with Gasteiger partial charge in [0.05, 0.1) is 6.61 Å². The number of nitrogens with two attached hydrogens (primary N) is 3. The molecule has 0 aliphatic carbocycles. The van der Waals surface area contributed by atoms with Gasteiger partial charge in [0.25, 0.3) is 0 Å². The van der Waals surface area contributed by atoms with Crippen LogP contribution in [0.4, 0.5) is 0 Å². The van der Waals surface area contributed by atoms with Crippen LogP contribution in [0.1, 0.15) is 13.3 Å². The molecule has 7 nitrogen and oxygen atoms in total. The third-order valence-corrected chi connectivity index (χ3v) is 1.28. The van der Waals surface area contributed by atoms with Gasteiger partial charge in [-0.1, -0.05) is 0 Å². The third kappa shape index (κ3) is 6.06. The van der Waals surface area contributed by atoms with E-state index in [4.69, 9.17) is 17.2 Å². The molecule has 1 unspecified atom stereocenters. The smallest absolute Gasteiger partial charge is 0.323 e. The second-order valence-corrected chi connectivity index (χ2v) is 2.50. The molecule has 0 fully saturated rings. The first-order valence-electron chi connectivity index (χ1n) is 4.21. The van der Waals surface area contributed by atoms with Gasteiger partial charge in [-0.05, 0) is 12.1 Å². The molecule has 1 atom stereocenters. The van der Waals surface area contributed by atoms with E-state index in [1.807, 2.05) is 0 Å². The molecule has 0 aliphatic heterocycles. The zero-order valence-electron chi connectivity index (χ0n) is 8.10. The highest BCUT2D eigenvalue weighted by atomic mass is 16.6. The molecule has 82 valence electrons. The van der Waals surface area contributed by atoms with Gasteiger partial charge in [0.2, 0.25) is 5.96 Å². The van der Waals surface area contributed by atoms with E-state index in [-0.39, 0.29) is 12.6 Å². The van der Waals surface area contributed by atoms with Crippen molar-refractivity contribution < 1.29 is 14.4 Å². The fraction of sp³-hybridized carbons (Fsp3) is 0.714. The standard InChI is InChI=1S/C7H16N4O3/c1-2-13-6(12)5(8)3-4-14-11-7(9)10/h5H,2-4,8H2,1H3,(H4,9,10,11). The first-order chi connectivity index (χ1) is 6.57. The van der Waals surface area contributed by atoms with Crippen molar-refractivity contribution in [1.82, 2.24) is 0 Å². The van der Waals surface area contributed by atoms with E-state index < -0.39 is 12.0 Å². The Labute approximate surface area is 82.2 Å². The summed E-state index contributed by atoms with van der Waals surface area (Å²) < 4.78 is 4.68. The van der Waals surface area contributed by atoms with Crippen molar-refractivity contribution in [3.63, 3.8) is 0 Å². The zero-order chi connectivity index (χ0) is 11.0. The Kier molecular flexibility index (Phi) is 6.21. The van der Waals surface area contributed by atoms with Crippen LogP contribution >= 0.6 is 0 Å². The van der Waals surface area contributed by atoms with Gasteiger partial charge in [0.1, 0.15) is 12.6 Å². The number of guanidine groups is 1. The van der Waals surface area contributed by atoms with Crippen LogP contribution in [0.3, 0.4) is 0 Å². The van der Waals surface area contributed by atoms with Crippen molar-refractivity contribution in [2.24, 2.45) is 22.4 Å². The van der Waals surface area contributed by atoms with Crippen LogP contribution < -0.4 is 17.2 Å². The average molecular weight is 204 g/mol. The molecule has 0 radical (unpaired) electrons. The number of carbonyl (C=O) groups excluding carboxylic acids is 1. The van der Waals surface area contributed by atoms with Crippen molar-refractivity contribution in [3.05, 3.63) is 0 Å². The predicted octanol–water partition coefficient (Wildman–Crippen LogP) is -1.53. The minimum Gasteiger partial charge on any atom is -0.465 e. The first-order valence-corrected chi connectivity index (χ1v) is 4.21. The molecular weight excluding hydrogens is 188 g/mol. The summed E-state index contributed by atoms with van der Waals surface area (Å²) >= 11 is 0. The van der Waals surface area contributed by atoms with E-state index in [9.17, 15) is 4.79 Å². The molecule has 0 rings (SSSR count). The topological polar surface area (TPSA) is 126 Å². The fourth-order valence-electron chi connectivity index (χ4n) is 0.667. The normalized spacial score (nSPS) is 11.6. The lowest BCUT2D eigenvalue weighted by Crippen LogP contribution is -2.33. The van der Waals surface area contributed by atoms with Crippen LogP contribution in [0.25, 0.3) is 0 Å². The molecule has 0 spiro atoms. The SMILES string of the molecule is CCOC(=O)C(N)CCON=C(N)N. The summed E-state index contributed by atoms with van der Waals surface area (Å²) in [6, 6.07) is -0.704. The summed E-state index contributed by atoms with van der Waals surface area (Å²) in [6.07, 6.45) is 0.301. The van der Waals surface area contributed by atoms with E-state index in [1.54, 1.807) is 6.92 Å². The Hall–Kier alpha value is -1.50. The Morgan fingerprint density at radius 1 is 1.50 bits per heavy atom. The quantitative estimate of drug-likeness (QED) is 0.158. The average Bonchev–Trinajstić information content (AvgIpc) is 2.12. The van der Waals surface area contributed by atoms with Crippen LogP contribution in [0, 0.1) is 0 Å². The maximum Gasteiger partial charge on any atom is 0.323 e. The Bertz CT molecular complexity index is 203. The van der Waals surface area contributed by atoms with Crippen molar-refractivity contribution in [1.29, 1.82) is 0 Å². The van der Waals surface area contributed by atoms with Gasteiger partial charge in [-0.25, -0.2) is 0 Å². The van der Waals surface area contributed by atoms with Crippen molar-refractivity contribution in [2.45, 2.75) is 19.4 Å². The predicted molar refractivity (Wildman–Crippen MR) is 51.0 cm³/mol. The fourth-order valence-corrected chi connectivity index (χ4v) is 0.667. The van der Waals surface area contributed by atoms with Gasteiger partial charge >= 0.3 is 5.97 Å². The summed E-state index contributed by atoms with van der Waals surface area (Å²) in [5.74, 6) is -0.629. The van der Waals surface area contributed by atoms with E-state index in [0.717, 1.165) is 0 Å². The lowest BCUT2D eigenvalue weighted by Gasteiger charge is -2.08. The number of ether oxygens (including phenoxy) is 1. The molecule has 0 aromatic heterocycles. The lowest BCUT2D eigenvalue weighted by atomic mass is 10.2. The number of rotatable bonds is 6. The lowest BCUT2D eigenvalue weighted by molar-refractivity contribution is -0.145. The Morgan fingerprint density at radius 3 is 2.64 bits per heavy atom. The molecule has 0 aromatic carbocycles. The monoisotopic (exact) mass is 204 g/mol. The summed E-state index contributed by atoms with van der Waals surface area (Å²) in [6.45, 7) is 2.18.